The third-order valence-electron chi connectivity index (χ3n) is 4.21. The average molecular weight is 294 g/mol. The first-order valence-electron chi connectivity index (χ1n) is 7.33. The lowest BCUT2D eigenvalue weighted by Gasteiger charge is -2.41. The molecule has 4 nitrogen and oxygen atoms in total. The number of carbonyl (C=O) groups is 1. The number of urea groups is 1. The van der Waals surface area contributed by atoms with Crippen LogP contribution in [0.2, 0.25) is 0 Å². The van der Waals surface area contributed by atoms with Gasteiger partial charge in [-0.2, -0.15) is 0 Å². The molecule has 0 unspecified atom stereocenters. The standard InChI is InChI=1S/C16H23FN2O2/c1-12(13-4-6-14(17)7-5-13)19-15(20)18-10-16(11-21-2)8-3-9-16/h4-7,12H,3,8-11H2,1-2H3,(H2,18,19,20)/t12-/m0/s1. The van der Waals surface area contributed by atoms with E-state index < -0.39 is 0 Å². The summed E-state index contributed by atoms with van der Waals surface area (Å²) in [4.78, 5) is 11.9. The molecular weight excluding hydrogens is 271 g/mol. The third kappa shape index (κ3) is 4.17. The zero-order valence-corrected chi connectivity index (χ0v) is 12.6. The molecule has 2 N–H and O–H groups in total. The van der Waals surface area contributed by atoms with E-state index in [0.717, 1.165) is 18.4 Å². The Balaban J connectivity index is 1.80. The summed E-state index contributed by atoms with van der Waals surface area (Å²) in [7, 11) is 1.69. The van der Waals surface area contributed by atoms with E-state index in [2.05, 4.69) is 10.6 Å². The number of hydrogen-bond acceptors (Lipinski definition) is 2. The summed E-state index contributed by atoms with van der Waals surface area (Å²) in [6.07, 6.45) is 3.38. The van der Waals surface area contributed by atoms with Crippen molar-refractivity contribution >= 4 is 6.03 Å². The van der Waals surface area contributed by atoms with E-state index in [1.165, 1.54) is 18.6 Å². The van der Waals surface area contributed by atoms with Gasteiger partial charge in [0.25, 0.3) is 0 Å². The summed E-state index contributed by atoms with van der Waals surface area (Å²) in [6, 6.07) is 5.79. The molecule has 0 aliphatic heterocycles. The first kappa shape index (κ1) is 15.8. The lowest BCUT2D eigenvalue weighted by atomic mass is 9.69. The number of methoxy groups -OCH3 is 1. The average Bonchev–Trinajstić information content (AvgIpc) is 2.42. The summed E-state index contributed by atoms with van der Waals surface area (Å²) >= 11 is 0. The van der Waals surface area contributed by atoms with E-state index in [1.54, 1.807) is 19.2 Å². The highest BCUT2D eigenvalue weighted by Crippen LogP contribution is 2.40. The molecule has 21 heavy (non-hydrogen) atoms. The Morgan fingerprint density at radius 1 is 1.38 bits per heavy atom. The first-order chi connectivity index (χ1) is 10.0. The molecule has 0 spiro atoms. The molecule has 1 atom stereocenters. The van der Waals surface area contributed by atoms with Crippen molar-refractivity contribution in [2.24, 2.45) is 5.41 Å². The van der Waals surface area contributed by atoms with E-state index in [0.29, 0.717) is 13.2 Å². The van der Waals surface area contributed by atoms with Crippen molar-refractivity contribution in [1.29, 1.82) is 0 Å². The van der Waals surface area contributed by atoms with Gasteiger partial charge in [0.15, 0.2) is 0 Å². The van der Waals surface area contributed by atoms with Crippen molar-refractivity contribution in [3.8, 4) is 0 Å². The molecule has 1 fully saturated rings. The van der Waals surface area contributed by atoms with Crippen LogP contribution in [-0.2, 0) is 4.74 Å². The molecule has 2 amide bonds. The van der Waals surface area contributed by atoms with Crippen LogP contribution in [0.3, 0.4) is 0 Å². The molecule has 1 aliphatic carbocycles. The molecule has 1 aliphatic rings. The Bertz CT molecular complexity index is 472. The zero-order chi connectivity index (χ0) is 15.3. The fourth-order valence-corrected chi connectivity index (χ4v) is 2.71. The summed E-state index contributed by atoms with van der Waals surface area (Å²) in [5.74, 6) is -0.276. The van der Waals surface area contributed by atoms with Gasteiger partial charge in [-0.15, -0.1) is 0 Å². The minimum Gasteiger partial charge on any atom is -0.384 e. The maximum atomic E-state index is 12.9. The van der Waals surface area contributed by atoms with Crippen molar-refractivity contribution < 1.29 is 13.9 Å². The Kier molecular flexibility index (Phi) is 5.17. The minimum absolute atomic E-state index is 0.102. The van der Waals surface area contributed by atoms with Crippen LogP contribution in [0.5, 0.6) is 0 Å². The van der Waals surface area contributed by atoms with Gasteiger partial charge in [0, 0.05) is 19.1 Å². The Labute approximate surface area is 125 Å². The Hall–Kier alpha value is -1.62. The van der Waals surface area contributed by atoms with Crippen molar-refractivity contribution in [3.05, 3.63) is 35.6 Å². The second-order valence-corrected chi connectivity index (χ2v) is 5.89. The van der Waals surface area contributed by atoms with Crippen LogP contribution in [0.1, 0.15) is 37.8 Å². The quantitative estimate of drug-likeness (QED) is 0.847. The zero-order valence-electron chi connectivity index (χ0n) is 12.6. The molecule has 0 bridgehead atoms. The Morgan fingerprint density at radius 3 is 2.57 bits per heavy atom. The summed E-state index contributed by atoms with van der Waals surface area (Å²) < 4.78 is 18.1. The largest absolute Gasteiger partial charge is 0.384 e. The van der Waals surface area contributed by atoms with Crippen LogP contribution in [0.15, 0.2) is 24.3 Å². The van der Waals surface area contributed by atoms with E-state index in [-0.39, 0.29) is 23.3 Å². The number of benzene rings is 1. The van der Waals surface area contributed by atoms with E-state index >= 15 is 0 Å². The maximum absolute atomic E-state index is 12.9. The van der Waals surface area contributed by atoms with E-state index in [1.807, 2.05) is 6.92 Å². The Morgan fingerprint density at radius 2 is 2.05 bits per heavy atom. The van der Waals surface area contributed by atoms with Gasteiger partial charge in [-0.3, -0.25) is 0 Å². The van der Waals surface area contributed by atoms with Crippen molar-refractivity contribution in [1.82, 2.24) is 10.6 Å². The molecule has 116 valence electrons. The number of nitrogens with one attached hydrogen (secondary N) is 2. The van der Waals surface area contributed by atoms with Gasteiger partial charge in [0.2, 0.25) is 0 Å². The molecule has 1 saturated carbocycles. The van der Waals surface area contributed by atoms with Crippen molar-refractivity contribution in [2.45, 2.75) is 32.2 Å². The molecule has 0 radical (unpaired) electrons. The molecule has 5 heteroatoms. The highest BCUT2D eigenvalue weighted by Gasteiger charge is 2.37. The van der Waals surface area contributed by atoms with Crippen LogP contribution in [0, 0.1) is 11.2 Å². The summed E-state index contributed by atoms with van der Waals surface area (Å²) in [6.45, 7) is 3.19. The second-order valence-electron chi connectivity index (χ2n) is 5.89. The van der Waals surface area contributed by atoms with Gasteiger partial charge >= 0.3 is 6.03 Å². The van der Waals surface area contributed by atoms with E-state index in [4.69, 9.17) is 4.74 Å². The lowest BCUT2D eigenvalue weighted by molar-refractivity contribution is 0.0200. The number of amides is 2. The molecule has 1 aromatic rings. The van der Waals surface area contributed by atoms with Gasteiger partial charge in [0.05, 0.1) is 12.6 Å². The molecule has 0 aromatic heterocycles. The summed E-state index contributed by atoms with van der Waals surface area (Å²) in [5, 5.41) is 5.78. The SMILES string of the molecule is COCC1(CNC(=O)N[C@@H](C)c2ccc(F)cc2)CCC1. The number of ether oxygens (including phenoxy) is 1. The van der Waals surface area contributed by atoms with Crippen molar-refractivity contribution in [2.75, 3.05) is 20.3 Å². The maximum Gasteiger partial charge on any atom is 0.315 e. The molecular formula is C16H23FN2O2. The predicted octanol–water partition coefficient (Wildman–Crippen LogP) is 3.00. The highest BCUT2D eigenvalue weighted by atomic mass is 19.1. The highest BCUT2D eigenvalue weighted by molar-refractivity contribution is 5.74. The van der Waals surface area contributed by atoms with Crippen LogP contribution in [-0.4, -0.2) is 26.3 Å². The fraction of sp³-hybridized carbons (Fsp3) is 0.562. The van der Waals surface area contributed by atoms with Crippen LogP contribution in [0.25, 0.3) is 0 Å². The van der Waals surface area contributed by atoms with E-state index in [9.17, 15) is 9.18 Å². The topological polar surface area (TPSA) is 50.4 Å². The number of halogens is 1. The fourth-order valence-electron chi connectivity index (χ4n) is 2.71. The first-order valence-corrected chi connectivity index (χ1v) is 7.33. The van der Waals surface area contributed by atoms with Crippen LogP contribution in [0.4, 0.5) is 9.18 Å². The number of carbonyl (C=O) groups excluding carboxylic acids is 1. The smallest absolute Gasteiger partial charge is 0.315 e. The predicted molar refractivity (Wildman–Crippen MR) is 79.5 cm³/mol. The van der Waals surface area contributed by atoms with Crippen LogP contribution < -0.4 is 10.6 Å². The minimum atomic E-state index is -0.276. The lowest BCUT2D eigenvalue weighted by Crippen LogP contribution is -2.48. The molecule has 0 saturated heterocycles. The molecule has 0 heterocycles. The molecule has 2 rings (SSSR count). The van der Waals surface area contributed by atoms with Gasteiger partial charge < -0.3 is 15.4 Å². The monoisotopic (exact) mass is 294 g/mol. The van der Waals surface area contributed by atoms with Gasteiger partial charge in [0.1, 0.15) is 5.82 Å². The van der Waals surface area contributed by atoms with Crippen LogP contribution >= 0.6 is 0 Å². The van der Waals surface area contributed by atoms with Gasteiger partial charge in [-0.25, -0.2) is 9.18 Å². The second kappa shape index (κ2) is 6.89. The van der Waals surface area contributed by atoms with Gasteiger partial charge in [-0.1, -0.05) is 18.6 Å². The third-order valence-corrected chi connectivity index (χ3v) is 4.21. The number of rotatable bonds is 6. The van der Waals surface area contributed by atoms with Crippen molar-refractivity contribution in [3.63, 3.8) is 0 Å². The summed E-state index contributed by atoms with van der Waals surface area (Å²) in [5.41, 5.74) is 0.979. The van der Waals surface area contributed by atoms with Gasteiger partial charge in [-0.05, 0) is 37.5 Å². The number of hydrogen-bond donors (Lipinski definition) is 2. The normalized spacial score (nSPS) is 17.7. The molecule has 1 aromatic carbocycles.